The molecule has 2 aliphatic rings. The van der Waals surface area contributed by atoms with E-state index in [1.54, 1.807) is 0 Å². The first kappa shape index (κ1) is 15.4. The van der Waals surface area contributed by atoms with Crippen LogP contribution in [0.1, 0.15) is 57.6 Å². The third-order valence-corrected chi connectivity index (χ3v) is 5.86. The Bertz CT molecular complexity index is 490. The topological polar surface area (TPSA) is 21.3 Å². The molecule has 4 atom stereocenters. The van der Waals surface area contributed by atoms with Gasteiger partial charge in [0.05, 0.1) is 6.61 Å². The summed E-state index contributed by atoms with van der Waals surface area (Å²) in [5.74, 6) is 2.65. The van der Waals surface area contributed by atoms with Crippen molar-refractivity contribution in [3.63, 3.8) is 0 Å². The van der Waals surface area contributed by atoms with E-state index in [0.29, 0.717) is 12.1 Å². The summed E-state index contributed by atoms with van der Waals surface area (Å²) in [7, 11) is 0. The van der Waals surface area contributed by atoms with Crippen LogP contribution in [0.25, 0.3) is 0 Å². The van der Waals surface area contributed by atoms with E-state index >= 15 is 0 Å². The lowest BCUT2D eigenvalue weighted by Gasteiger charge is -2.37. The quantitative estimate of drug-likeness (QED) is 0.802. The van der Waals surface area contributed by atoms with Crippen molar-refractivity contribution in [3.05, 3.63) is 28.2 Å². The van der Waals surface area contributed by atoms with Crippen molar-refractivity contribution in [2.45, 2.75) is 58.0 Å². The van der Waals surface area contributed by atoms with Crippen molar-refractivity contribution >= 4 is 15.9 Å². The Hall–Kier alpha value is -0.540. The molecule has 1 fully saturated rings. The van der Waals surface area contributed by atoms with Crippen molar-refractivity contribution in [1.82, 2.24) is 5.32 Å². The molecule has 116 valence electrons. The lowest BCUT2D eigenvalue weighted by Crippen LogP contribution is -2.42. The minimum Gasteiger partial charge on any atom is -0.493 e. The van der Waals surface area contributed by atoms with Gasteiger partial charge in [-0.1, -0.05) is 48.7 Å². The summed E-state index contributed by atoms with van der Waals surface area (Å²) < 4.78 is 7.03. The molecule has 1 aromatic carbocycles. The molecule has 1 heterocycles. The third kappa shape index (κ3) is 3.45. The van der Waals surface area contributed by atoms with Crippen LogP contribution in [0.5, 0.6) is 5.75 Å². The minimum atomic E-state index is 0.438. The molecular formula is C18H26BrNO. The molecule has 0 amide bonds. The number of hydrogen-bond donors (Lipinski definition) is 1. The summed E-state index contributed by atoms with van der Waals surface area (Å²) in [5, 5.41) is 3.96. The Labute approximate surface area is 136 Å². The second kappa shape index (κ2) is 6.70. The maximum Gasteiger partial charge on any atom is 0.125 e. The molecule has 1 N–H and O–H groups in total. The summed E-state index contributed by atoms with van der Waals surface area (Å²) in [4.78, 5) is 0. The maximum atomic E-state index is 5.93. The number of halogens is 1. The van der Waals surface area contributed by atoms with Crippen molar-refractivity contribution in [2.75, 3.05) is 6.61 Å². The monoisotopic (exact) mass is 351 g/mol. The Balaban J connectivity index is 1.79. The molecule has 0 spiro atoms. The van der Waals surface area contributed by atoms with Crippen molar-refractivity contribution < 1.29 is 4.74 Å². The molecule has 0 aromatic heterocycles. The zero-order chi connectivity index (χ0) is 14.8. The number of benzene rings is 1. The summed E-state index contributed by atoms with van der Waals surface area (Å²) in [6.45, 7) is 5.65. The Morgan fingerprint density at radius 2 is 2.00 bits per heavy atom. The Morgan fingerprint density at radius 3 is 2.86 bits per heavy atom. The van der Waals surface area contributed by atoms with Gasteiger partial charge in [-0.25, -0.2) is 0 Å². The summed E-state index contributed by atoms with van der Waals surface area (Å²) in [6.07, 6.45) is 6.36. The summed E-state index contributed by atoms with van der Waals surface area (Å²) in [6, 6.07) is 7.55. The van der Waals surface area contributed by atoms with Gasteiger partial charge in [0.25, 0.3) is 0 Å². The van der Waals surface area contributed by atoms with E-state index in [9.17, 15) is 0 Å². The van der Waals surface area contributed by atoms with Crippen LogP contribution in [0.3, 0.4) is 0 Å². The summed E-state index contributed by atoms with van der Waals surface area (Å²) >= 11 is 3.55. The number of nitrogens with one attached hydrogen (secondary N) is 1. The molecule has 3 rings (SSSR count). The molecule has 2 nitrogen and oxygen atoms in total. The highest BCUT2D eigenvalue weighted by Gasteiger charge is 2.30. The van der Waals surface area contributed by atoms with Crippen LogP contribution in [0.15, 0.2) is 22.7 Å². The normalized spacial score (nSPS) is 32.9. The lowest BCUT2D eigenvalue weighted by atomic mass is 9.77. The smallest absolute Gasteiger partial charge is 0.125 e. The van der Waals surface area contributed by atoms with E-state index in [2.05, 4.69) is 53.3 Å². The van der Waals surface area contributed by atoms with Crippen LogP contribution in [0, 0.1) is 11.8 Å². The fourth-order valence-electron chi connectivity index (χ4n) is 3.79. The first-order chi connectivity index (χ1) is 10.1. The second-order valence-electron chi connectivity index (χ2n) is 6.77. The standard InChI is InChI=1S/C18H26BrNO/c1-12-5-3-6-16(13(12)2)20-17-7-4-10-21-18-11-14(19)8-9-15(17)18/h8-9,11-13,16-17,20H,3-7,10H2,1-2H3. The van der Waals surface area contributed by atoms with Gasteiger partial charge in [0.15, 0.2) is 0 Å². The van der Waals surface area contributed by atoms with Gasteiger partial charge in [-0.05, 0) is 43.2 Å². The van der Waals surface area contributed by atoms with Crippen molar-refractivity contribution in [3.8, 4) is 5.75 Å². The van der Waals surface area contributed by atoms with Crippen LogP contribution in [0.2, 0.25) is 0 Å². The summed E-state index contributed by atoms with van der Waals surface area (Å²) in [5.41, 5.74) is 1.33. The van der Waals surface area contributed by atoms with E-state index in [-0.39, 0.29) is 0 Å². The van der Waals surface area contributed by atoms with E-state index in [1.807, 2.05) is 0 Å². The van der Waals surface area contributed by atoms with Gasteiger partial charge in [0, 0.05) is 22.1 Å². The van der Waals surface area contributed by atoms with Gasteiger partial charge in [0.2, 0.25) is 0 Å². The molecule has 3 heteroatoms. The lowest BCUT2D eigenvalue weighted by molar-refractivity contribution is 0.191. The highest BCUT2D eigenvalue weighted by molar-refractivity contribution is 9.10. The predicted molar refractivity (Wildman–Crippen MR) is 90.7 cm³/mol. The van der Waals surface area contributed by atoms with E-state index in [4.69, 9.17) is 4.74 Å². The van der Waals surface area contributed by atoms with Crippen LogP contribution < -0.4 is 10.1 Å². The number of rotatable bonds is 2. The van der Waals surface area contributed by atoms with E-state index in [1.165, 1.54) is 31.2 Å². The SMILES string of the molecule is CC1CCCC(NC2CCCOc3cc(Br)ccc32)C1C. The van der Waals surface area contributed by atoms with Gasteiger partial charge in [0.1, 0.15) is 5.75 Å². The van der Waals surface area contributed by atoms with Crippen molar-refractivity contribution in [1.29, 1.82) is 0 Å². The molecule has 1 aliphatic carbocycles. The van der Waals surface area contributed by atoms with Gasteiger partial charge in [-0.3, -0.25) is 0 Å². The highest BCUT2D eigenvalue weighted by atomic mass is 79.9. The Morgan fingerprint density at radius 1 is 1.14 bits per heavy atom. The van der Waals surface area contributed by atoms with Crippen LogP contribution in [-0.4, -0.2) is 12.6 Å². The molecule has 1 aromatic rings. The molecule has 0 radical (unpaired) electrons. The molecule has 1 saturated carbocycles. The fourth-order valence-corrected chi connectivity index (χ4v) is 4.13. The number of fused-ring (bicyclic) bond motifs is 1. The largest absolute Gasteiger partial charge is 0.493 e. The first-order valence-electron chi connectivity index (χ1n) is 8.33. The van der Waals surface area contributed by atoms with Gasteiger partial charge < -0.3 is 10.1 Å². The molecule has 1 aliphatic heterocycles. The number of ether oxygens (including phenoxy) is 1. The van der Waals surface area contributed by atoms with Crippen LogP contribution >= 0.6 is 15.9 Å². The minimum absolute atomic E-state index is 0.438. The second-order valence-corrected chi connectivity index (χ2v) is 7.68. The maximum absolute atomic E-state index is 5.93. The van der Waals surface area contributed by atoms with Crippen LogP contribution in [-0.2, 0) is 0 Å². The molecule has 0 saturated heterocycles. The first-order valence-corrected chi connectivity index (χ1v) is 9.12. The Kier molecular flexibility index (Phi) is 4.90. The van der Waals surface area contributed by atoms with Gasteiger partial charge in [-0.15, -0.1) is 0 Å². The zero-order valence-corrected chi connectivity index (χ0v) is 14.7. The average molecular weight is 352 g/mol. The molecule has 4 unspecified atom stereocenters. The van der Waals surface area contributed by atoms with Crippen molar-refractivity contribution in [2.24, 2.45) is 11.8 Å². The average Bonchev–Trinajstić information content (AvgIpc) is 2.66. The molecular weight excluding hydrogens is 326 g/mol. The third-order valence-electron chi connectivity index (χ3n) is 5.37. The van der Waals surface area contributed by atoms with Gasteiger partial charge in [-0.2, -0.15) is 0 Å². The van der Waals surface area contributed by atoms with E-state index in [0.717, 1.165) is 35.1 Å². The highest BCUT2D eigenvalue weighted by Crippen LogP contribution is 2.36. The van der Waals surface area contributed by atoms with Crippen LogP contribution in [0.4, 0.5) is 0 Å². The van der Waals surface area contributed by atoms with Gasteiger partial charge >= 0.3 is 0 Å². The predicted octanol–water partition coefficient (Wildman–Crippen LogP) is 5.08. The fraction of sp³-hybridized carbons (Fsp3) is 0.667. The zero-order valence-electron chi connectivity index (χ0n) is 13.1. The molecule has 21 heavy (non-hydrogen) atoms. The molecule has 0 bridgehead atoms. The number of hydrogen-bond acceptors (Lipinski definition) is 2. The van der Waals surface area contributed by atoms with E-state index < -0.39 is 0 Å².